The number of aryl methyl sites for hydroxylation is 2. The van der Waals surface area contributed by atoms with Crippen LogP contribution in [0.3, 0.4) is 0 Å². The van der Waals surface area contributed by atoms with E-state index >= 15 is 0 Å². The molecule has 0 aliphatic rings. The number of nitrogens with zero attached hydrogens (tertiary/aromatic N) is 2. The molecule has 0 amide bonds. The molecule has 0 bridgehead atoms. The van der Waals surface area contributed by atoms with Gasteiger partial charge in [-0.15, -0.1) is 0 Å². The average Bonchev–Trinajstić information content (AvgIpc) is 2.67. The summed E-state index contributed by atoms with van der Waals surface area (Å²) >= 11 is 0. The SMILES string of the molecule is Cc1ccc(C(C)Nc2c(C)nn(C(C)C)c2C)cc1. The van der Waals surface area contributed by atoms with Gasteiger partial charge in [0.1, 0.15) is 0 Å². The van der Waals surface area contributed by atoms with Crippen molar-refractivity contribution in [1.82, 2.24) is 9.78 Å². The van der Waals surface area contributed by atoms with Crippen LogP contribution in [-0.4, -0.2) is 9.78 Å². The predicted molar refractivity (Wildman–Crippen MR) is 85.3 cm³/mol. The second kappa shape index (κ2) is 5.70. The molecular formula is C17H25N3. The van der Waals surface area contributed by atoms with Gasteiger partial charge >= 0.3 is 0 Å². The lowest BCUT2D eigenvalue weighted by atomic mass is 10.1. The highest BCUT2D eigenvalue weighted by atomic mass is 15.3. The van der Waals surface area contributed by atoms with E-state index in [9.17, 15) is 0 Å². The summed E-state index contributed by atoms with van der Waals surface area (Å²) in [6.07, 6.45) is 0. The Morgan fingerprint density at radius 3 is 2.10 bits per heavy atom. The lowest BCUT2D eigenvalue weighted by molar-refractivity contribution is 0.516. The Kier molecular flexibility index (Phi) is 4.17. The van der Waals surface area contributed by atoms with Crippen molar-refractivity contribution in [3.05, 3.63) is 46.8 Å². The van der Waals surface area contributed by atoms with E-state index in [1.807, 2.05) is 0 Å². The van der Waals surface area contributed by atoms with Crippen molar-refractivity contribution in [1.29, 1.82) is 0 Å². The minimum Gasteiger partial charge on any atom is -0.376 e. The van der Waals surface area contributed by atoms with E-state index in [1.165, 1.54) is 16.8 Å². The summed E-state index contributed by atoms with van der Waals surface area (Å²) in [7, 11) is 0. The van der Waals surface area contributed by atoms with E-state index in [-0.39, 0.29) is 6.04 Å². The Morgan fingerprint density at radius 2 is 1.60 bits per heavy atom. The van der Waals surface area contributed by atoms with E-state index in [1.54, 1.807) is 0 Å². The van der Waals surface area contributed by atoms with Crippen molar-refractivity contribution in [2.24, 2.45) is 0 Å². The Morgan fingerprint density at radius 1 is 1.00 bits per heavy atom. The number of aromatic nitrogens is 2. The maximum Gasteiger partial charge on any atom is 0.0828 e. The first kappa shape index (κ1) is 14.6. The number of hydrogen-bond acceptors (Lipinski definition) is 2. The topological polar surface area (TPSA) is 29.9 Å². The normalized spacial score (nSPS) is 12.8. The van der Waals surface area contributed by atoms with E-state index < -0.39 is 0 Å². The van der Waals surface area contributed by atoms with Gasteiger partial charge in [-0.05, 0) is 47.1 Å². The molecule has 20 heavy (non-hydrogen) atoms. The molecule has 1 heterocycles. The van der Waals surface area contributed by atoms with Crippen LogP contribution in [0.25, 0.3) is 0 Å². The smallest absolute Gasteiger partial charge is 0.0828 e. The number of rotatable bonds is 4. The molecule has 0 aliphatic carbocycles. The third-order valence-corrected chi connectivity index (χ3v) is 3.75. The molecule has 0 aliphatic heterocycles. The maximum absolute atomic E-state index is 4.62. The van der Waals surface area contributed by atoms with Crippen molar-refractivity contribution in [3.8, 4) is 0 Å². The fraction of sp³-hybridized carbons (Fsp3) is 0.471. The molecule has 1 aromatic heterocycles. The molecule has 1 unspecified atom stereocenters. The van der Waals surface area contributed by atoms with Gasteiger partial charge in [-0.25, -0.2) is 0 Å². The number of hydrogen-bond donors (Lipinski definition) is 1. The Balaban J connectivity index is 2.23. The van der Waals surface area contributed by atoms with Crippen LogP contribution in [0, 0.1) is 20.8 Å². The maximum atomic E-state index is 4.62. The minimum atomic E-state index is 0.276. The summed E-state index contributed by atoms with van der Waals surface area (Å²) in [6, 6.07) is 9.35. The second-order valence-corrected chi connectivity index (χ2v) is 5.86. The van der Waals surface area contributed by atoms with Crippen molar-refractivity contribution in [3.63, 3.8) is 0 Å². The highest BCUT2D eigenvalue weighted by molar-refractivity contribution is 5.53. The molecule has 0 fully saturated rings. The van der Waals surface area contributed by atoms with Crippen molar-refractivity contribution in [2.75, 3.05) is 5.32 Å². The Bertz CT molecular complexity index is 579. The van der Waals surface area contributed by atoms with E-state index in [4.69, 9.17) is 0 Å². The Hall–Kier alpha value is -1.77. The van der Waals surface area contributed by atoms with E-state index in [0.717, 1.165) is 11.4 Å². The standard InChI is InChI=1S/C17H25N3/c1-11(2)20-15(6)17(14(5)19-20)18-13(4)16-9-7-12(3)8-10-16/h7-11,13,18H,1-6H3. The van der Waals surface area contributed by atoms with E-state index in [0.29, 0.717) is 6.04 Å². The third kappa shape index (κ3) is 2.87. The van der Waals surface area contributed by atoms with Gasteiger partial charge in [0.15, 0.2) is 0 Å². The van der Waals surface area contributed by atoms with Crippen LogP contribution in [0.5, 0.6) is 0 Å². The van der Waals surface area contributed by atoms with Crippen LogP contribution < -0.4 is 5.32 Å². The largest absolute Gasteiger partial charge is 0.376 e. The van der Waals surface area contributed by atoms with Gasteiger partial charge in [0.2, 0.25) is 0 Å². The first-order valence-electron chi connectivity index (χ1n) is 7.29. The fourth-order valence-corrected chi connectivity index (χ4v) is 2.53. The summed E-state index contributed by atoms with van der Waals surface area (Å²) in [6.45, 7) is 12.8. The molecule has 0 saturated heterocycles. The summed E-state index contributed by atoms with van der Waals surface area (Å²) in [5.74, 6) is 0. The van der Waals surface area contributed by atoms with Crippen LogP contribution in [-0.2, 0) is 0 Å². The van der Waals surface area contributed by atoms with Crippen LogP contribution in [0.15, 0.2) is 24.3 Å². The van der Waals surface area contributed by atoms with Gasteiger partial charge in [0.05, 0.1) is 17.1 Å². The molecule has 2 aromatic rings. The van der Waals surface area contributed by atoms with Gasteiger partial charge in [-0.1, -0.05) is 29.8 Å². The summed E-state index contributed by atoms with van der Waals surface area (Å²) < 4.78 is 2.08. The van der Waals surface area contributed by atoms with Crippen LogP contribution in [0.2, 0.25) is 0 Å². The molecule has 1 N–H and O–H groups in total. The molecule has 108 valence electrons. The first-order valence-corrected chi connectivity index (χ1v) is 7.29. The monoisotopic (exact) mass is 271 g/mol. The van der Waals surface area contributed by atoms with Gasteiger partial charge in [0.25, 0.3) is 0 Å². The summed E-state index contributed by atoms with van der Waals surface area (Å²) in [4.78, 5) is 0. The third-order valence-electron chi connectivity index (χ3n) is 3.75. The summed E-state index contributed by atoms with van der Waals surface area (Å²) in [5.41, 5.74) is 6.02. The molecule has 0 spiro atoms. The van der Waals surface area contributed by atoms with Crippen LogP contribution in [0.1, 0.15) is 55.4 Å². The minimum absolute atomic E-state index is 0.276. The zero-order valence-electron chi connectivity index (χ0n) is 13.4. The fourth-order valence-electron chi connectivity index (χ4n) is 2.53. The summed E-state index contributed by atoms with van der Waals surface area (Å²) in [5, 5.41) is 8.23. The second-order valence-electron chi connectivity index (χ2n) is 5.86. The quantitative estimate of drug-likeness (QED) is 0.883. The van der Waals surface area contributed by atoms with Crippen LogP contribution >= 0.6 is 0 Å². The van der Waals surface area contributed by atoms with Gasteiger partial charge in [0, 0.05) is 12.1 Å². The number of anilines is 1. The molecule has 3 heteroatoms. The van der Waals surface area contributed by atoms with Crippen LogP contribution in [0.4, 0.5) is 5.69 Å². The Labute approximate surface area is 122 Å². The number of benzene rings is 1. The predicted octanol–water partition coefficient (Wildman–Crippen LogP) is 4.56. The van der Waals surface area contributed by atoms with Gasteiger partial charge in [-0.2, -0.15) is 5.10 Å². The molecule has 1 aromatic carbocycles. The highest BCUT2D eigenvalue weighted by Gasteiger charge is 2.15. The van der Waals surface area contributed by atoms with Gasteiger partial charge in [-0.3, -0.25) is 4.68 Å². The van der Waals surface area contributed by atoms with Crippen molar-refractivity contribution >= 4 is 5.69 Å². The van der Waals surface area contributed by atoms with Crippen molar-refractivity contribution in [2.45, 2.75) is 53.6 Å². The first-order chi connectivity index (χ1) is 9.40. The average molecular weight is 271 g/mol. The lowest BCUT2D eigenvalue weighted by Crippen LogP contribution is -2.09. The molecule has 3 nitrogen and oxygen atoms in total. The van der Waals surface area contributed by atoms with Gasteiger partial charge < -0.3 is 5.32 Å². The molecule has 0 radical (unpaired) electrons. The van der Waals surface area contributed by atoms with E-state index in [2.05, 4.69) is 80.9 Å². The highest BCUT2D eigenvalue weighted by Crippen LogP contribution is 2.27. The molecular weight excluding hydrogens is 246 g/mol. The lowest BCUT2D eigenvalue weighted by Gasteiger charge is -2.17. The zero-order chi connectivity index (χ0) is 14.9. The molecule has 2 rings (SSSR count). The zero-order valence-corrected chi connectivity index (χ0v) is 13.4. The molecule has 0 saturated carbocycles. The molecule has 1 atom stereocenters. The number of nitrogens with one attached hydrogen (secondary N) is 1. The van der Waals surface area contributed by atoms with Crippen molar-refractivity contribution < 1.29 is 0 Å².